The minimum atomic E-state index is -0.346. The van der Waals surface area contributed by atoms with Crippen LogP contribution in [0.3, 0.4) is 0 Å². The van der Waals surface area contributed by atoms with Crippen LogP contribution in [0.1, 0.15) is 19.5 Å². The van der Waals surface area contributed by atoms with Crippen LogP contribution in [-0.2, 0) is 27.7 Å². The van der Waals surface area contributed by atoms with Gasteiger partial charge in [0.25, 0.3) is 0 Å². The van der Waals surface area contributed by atoms with Gasteiger partial charge in [-0.3, -0.25) is 9.48 Å². The van der Waals surface area contributed by atoms with E-state index in [4.69, 9.17) is 9.47 Å². The van der Waals surface area contributed by atoms with Gasteiger partial charge in [0.2, 0.25) is 5.91 Å². The van der Waals surface area contributed by atoms with Gasteiger partial charge in [0.1, 0.15) is 0 Å². The van der Waals surface area contributed by atoms with Gasteiger partial charge in [0, 0.05) is 33.4 Å². The lowest BCUT2D eigenvalue weighted by Crippen LogP contribution is -2.56. The van der Waals surface area contributed by atoms with Crippen LogP contribution in [-0.4, -0.2) is 59.1 Å². The second-order valence-corrected chi connectivity index (χ2v) is 5.89. The van der Waals surface area contributed by atoms with Gasteiger partial charge in [-0.2, -0.15) is 5.10 Å². The number of nitrogens with zero attached hydrogens (tertiary/aromatic N) is 3. The topological polar surface area (TPSA) is 56.6 Å². The predicted molar refractivity (Wildman–Crippen MR) is 74.3 cm³/mol. The van der Waals surface area contributed by atoms with Gasteiger partial charge >= 0.3 is 0 Å². The maximum Gasteiger partial charge on any atom is 0.228 e. The lowest BCUT2D eigenvalue weighted by atomic mass is 10.0. The Hall–Kier alpha value is -1.40. The van der Waals surface area contributed by atoms with E-state index in [9.17, 15) is 4.79 Å². The number of carbonyl (C=O) groups excluding carboxylic acids is 1. The minimum Gasteiger partial charge on any atom is -0.382 e. The molecule has 0 N–H and O–H groups in total. The van der Waals surface area contributed by atoms with E-state index >= 15 is 0 Å². The summed E-state index contributed by atoms with van der Waals surface area (Å²) in [7, 11) is 3.49. The van der Waals surface area contributed by atoms with Gasteiger partial charge < -0.3 is 14.4 Å². The van der Waals surface area contributed by atoms with E-state index < -0.39 is 0 Å². The maximum atomic E-state index is 12.4. The SMILES string of the molecule is COCC1CN(C(=O)Cc2ccn(C)n2)CC(C)(C)O1. The predicted octanol–water partition coefficient (Wildman–Crippen LogP) is 0.615. The van der Waals surface area contributed by atoms with Crippen molar-refractivity contribution in [3.05, 3.63) is 18.0 Å². The first kappa shape index (κ1) is 15.0. The molecule has 1 aromatic heterocycles. The molecule has 1 fully saturated rings. The first-order valence-corrected chi connectivity index (χ1v) is 6.83. The molecule has 6 heteroatoms. The van der Waals surface area contributed by atoms with Gasteiger partial charge in [-0.15, -0.1) is 0 Å². The number of rotatable bonds is 4. The van der Waals surface area contributed by atoms with Crippen LogP contribution >= 0.6 is 0 Å². The van der Waals surface area contributed by atoms with E-state index in [0.717, 1.165) is 5.69 Å². The van der Waals surface area contributed by atoms with Gasteiger partial charge in [0.15, 0.2) is 0 Å². The molecular formula is C14H23N3O3. The van der Waals surface area contributed by atoms with Crippen molar-refractivity contribution in [2.75, 3.05) is 26.8 Å². The quantitative estimate of drug-likeness (QED) is 0.811. The van der Waals surface area contributed by atoms with Crippen LogP contribution in [0.15, 0.2) is 12.3 Å². The summed E-state index contributed by atoms with van der Waals surface area (Å²) < 4.78 is 12.8. The molecule has 0 spiro atoms. The number of carbonyl (C=O) groups is 1. The summed E-state index contributed by atoms with van der Waals surface area (Å²) in [5.74, 6) is 0.0844. The smallest absolute Gasteiger partial charge is 0.228 e. The van der Waals surface area contributed by atoms with Crippen molar-refractivity contribution >= 4 is 5.91 Å². The highest BCUT2D eigenvalue weighted by molar-refractivity contribution is 5.78. The molecule has 2 heterocycles. The molecule has 20 heavy (non-hydrogen) atoms. The highest BCUT2D eigenvalue weighted by Gasteiger charge is 2.35. The summed E-state index contributed by atoms with van der Waals surface area (Å²) in [6.45, 7) is 5.66. The molecular weight excluding hydrogens is 258 g/mol. The number of aromatic nitrogens is 2. The molecule has 1 amide bonds. The monoisotopic (exact) mass is 281 g/mol. The van der Waals surface area contributed by atoms with Gasteiger partial charge in [-0.1, -0.05) is 0 Å². The highest BCUT2D eigenvalue weighted by atomic mass is 16.5. The average molecular weight is 281 g/mol. The normalized spacial score (nSPS) is 22.0. The van der Waals surface area contributed by atoms with Crippen LogP contribution in [0.25, 0.3) is 0 Å². The zero-order valence-corrected chi connectivity index (χ0v) is 12.6. The Morgan fingerprint density at radius 3 is 2.95 bits per heavy atom. The Morgan fingerprint density at radius 1 is 1.60 bits per heavy atom. The number of hydrogen-bond donors (Lipinski definition) is 0. The van der Waals surface area contributed by atoms with Crippen molar-refractivity contribution in [2.45, 2.75) is 32.0 Å². The highest BCUT2D eigenvalue weighted by Crippen LogP contribution is 2.21. The summed E-state index contributed by atoms with van der Waals surface area (Å²) in [5.41, 5.74) is 0.450. The second-order valence-electron chi connectivity index (χ2n) is 5.89. The third-order valence-corrected chi connectivity index (χ3v) is 3.29. The fraction of sp³-hybridized carbons (Fsp3) is 0.714. The van der Waals surface area contributed by atoms with Crippen molar-refractivity contribution < 1.29 is 14.3 Å². The van der Waals surface area contributed by atoms with Gasteiger partial charge in [-0.25, -0.2) is 0 Å². The first-order chi connectivity index (χ1) is 9.39. The standard InChI is InChI=1S/C14H23N3O3/c1-14(2)10-17(8-12(20-14)9-19-4)13(18)7-11-5-6-16(3)15-11/h5-6,12H,7-10H2,1-4H3. The molecule has 1 saturated heterocycles. The summed E-state index contributed by atoms with van der Waals surface area (Å²) in [4.78, 5) is 14.2. The Balaban J connectivity index is 2.00. The summed E-state index contributed by atoms with van der Waals surface area (Å²) in [6, 6.07) is 1.87. The molecule has 112 valence electrons. The van der Waals surface area contributed by atoms with E-state index in [1.807, 2.05) is 38.1 Å². The molecule has 0 aliphatic carbocycles. The van der Waals surface area contributed by atoms with Crippen molar-refractivity contribution in [3.8, 4) is 0 Å². The molecule has 0 radical (unpaired) electrons. The first-order valence-electron chi connectivity index (χ1n) is 6.83. The van der Waals surface area contributed by atoms with Crippen molar-refractivity contribution in [1.82, 2.24) is 14.7 Å². The maximum absolute atomic E-state index is 12.4. The zero-order chi connectivity index (χ0) is 14.8. The van der Waals surface area contributed by atoms with E-state index in [1.165, 1.54) is 0 Å². The summed E-state index contributed by atoms with van der Waals surface area (Å²) >= 11 is 0. The molecule has 1 aliphatic heterocycles. The lowest BCUT2D eigenvalue weighted by molar-refractivity contribution is -0.168. The molecule has 2 rings (SSSR count). The van der Waals surface area contributed by atoms with Crippen LogP contribution < -0.4 is 0 Å². The third-order valence-electron chi connectivity index (χ3n) is 3.29. The lowest BCUT2D eigenvalue weighted by Gasteiger charge is -2.42. The molecule has 1 atom stereocenters. The molecule has 0 aromatic carbocycles. The number of morpholine rings is 1. The number of aryl methyl sites for hydroxylation is 1. The third kappa shape index (κ3) is 3.80. The van der Waals surface area contributed by atoms with E-state index in [1.54, 1.807) is 11.8 Å². The Kier molecular flexibility index (Phi) is 4.45. The largest absolute Gasteiger partial charge is 0.382 e. The summed E-state index contributed by atoms with van der Waals surface area (Å²) in [6.07, 6.45) is 2.10. The molecule has 6 nitrogen and oxygen atoms in total. The zero-order valence-electron chi connectivity index (χ0n) is 12.6. The second kappa shape index (κ2) is 5.93. The molecule has 1 aliphatic rings. The van der Waals surface area contributed by atoms with E-state index in [-0.39, 0.29) is 17.6 Å². The number of ether oxygens (including phenoxy) is 2. The van der Waals surface area contributed by atoms with Crippen LogP contribution in [0.5, 0.6) is 0 Å². The van der Waals surface area contributed by atoms with Crippen molar-refractivity contribution in [1.29, 1.82) is 0 Å². The minimum absolute atomic E-state index is 0.0727. The Labute approximate surface area is 119 Å². The number of amides is 1. The number of hydrogen-bond acceptors (Lipinski definition) is 4. The van der Waals surface area contributed by atoms with E-state index in [2.05, 4.69) is 5.10 Å². The Bertz CT molecular complexity index is 470. The fourth-order valence-electron chi connectivity index (χ4n) is 2.58. The van der Waals surface area contributed by atoms with Gasteiger partial charge in [-0.05, 0) is 19.9 Å². The van der Waals surface area contributed by atoms with Crippen LogP contribution in [0, 0.1) is 0 Å². The average Bonchev–Trinajstić information content (AvgIpc) is 2.73. The number of methoxy groups -OCH3 is 1. The fourth-order valence-corrected chi connectivity index (χ4v) is 2.58. The molecule has 0 saturated carbocycles. The van der Waals surface area contributed by atoms with Crippen molar-refractivity contribution in [2.24, 2.45) is 7.05 Å². The van der Waals surface area contributed by atoms with Crippen molar-refractivity contribution in [3.63, 3.8) is 0 Å². The van der Waals surface area contributed by atoms with E-state index in [0.29, 0.717) is 26.1 Å². The molecule has 1 aromatic rings. The summed E-state index contributed by atoms with van der Waals surface area (Å²) in [5, 5.41) is 4.25. The molecule has 1 unspecified atom stereocenters. The van der Waals surface area contributed by atoms with Crippen LogP contribution in [0.2, 0.25) is 0 Å². The van der Waals surface area contributed by atoms with Crippen LogP contribution in [0.4, 0.5) is 0 Å². The molecule has 0 bridgehead atoms. The Morgan fingerprint density at radius 2 is 2.35 bits per heavy atom. The van der Waals surface area contributed by atoms with Gasteiger partial charge in [0.05, 0.1) is 30.4 Å².